The highest BCUT2D eigenvalue weighted by Crippen LogP contribution is 2.51. The van der Waals surface area contributed by atoms with Gasteiger partial charge < -0.3 is 10.3 Å². The minimum atomic E-state index is 0.265. The van der Waals surface area contributed by atoms with E-state index in [1.54, 1.807) is 0 Å². The van der Waals surface area contributed by atoms with E-state index in [-0.39, 0.29) is 5.41 Å². The molecule has 0 amide bonds. The molecule has 2 aromatic heterocycles. The number of fused-ring (bicyclic) bond motifs is 3. The highest BCUT2D eigenvalue weighted by Gasteiger charge is 2.41. The summed E-state index contributed by atoms with van der Waals surface area (Å²) in [5.41, 5.74) is 10.4. The van der Waals surface area contributed by atoms with Crippen LogP contribution in [0.15, 0.2) is 61.5 Å². The average Bonchev–Trinajstić information content (AvgIpc) is 3.33. The molecule has 3 heterocycles. The van der Waals surface area contributed by atoms with E-state index in [1.165, 1.54) is 57.2 Å². The lowest BCUT2D eigenvalue weighted by Gasteiger charge is -2.35. The average molecular weight is 394 g/mol. The zero-order valence-electron chi connectivity index (χ0n) is 17.3. The van der Waals surface area contributed by atoms with E-state index in [9.17, 15) is 0 Å². The second-order valence-electron chi connectivity index (χ2n) is 9.03. The molecule has 3 aromatic rings. The van der Waals surface area contributed by atoms with Crippen molar-refractivity contribution < 1.29 is 0 Å². The third-order valence-electron chi connectivity index (χ3n) is 7.25. The Morgan fingerprint density at radius 3 is 2.73 bits per heavy atom. The molecule has 1 saturated heterocycles. The first-order chi connectivity index (χ1) is 14.7. The molecule has 0 unspecified atom stereocenters. The SMILES string of the molecule is C=C1CC2(CCNCC2)c2cc(-c3c[nH]c4ncc(C5=CCCC=C5)cc34)ccc21. The first-order valence-electron chi connectivity index (χ1n) is 11.1. The van der Waals surface area contributed by atoms with Gasteiger partial charge in [-0.2, -0.15) is 0 Å². The Balaban J connectivity index is 1.47. The minimum Gasteiger partial charge on any atom is -0.346 e. The van der Waals surface area contributed by atoms with E-state index in [1.807, 2.05) is 6.20 Å². The van der Waals surface area contributed by atoms with Crippen LogP contribution in [-0.2, 0) is 5.41 Å². The van der Waals surface area contributed by atoms with E-state index in [4.69, 9.17) is 4.98 Å². The molecular weight excluding hydrogens is 366 g/mol. The van der Waals surface area contributed by atoms with Crippen molar-refractivity contribution in [3.8, 4) is 11.1 Å². The quantitative estimate of drug-likeness (QED) is 0.560. The number of aromatic nitrogens is 2. The normalized spacial score (nSPS) is 20.0. The molecule has 3 nitrogen and oxygen atoms in total. The van der Waals surface area contributed by atoms with Gasteiger partial charge in [-0.3, -0.25) is 0 Å². The number of piperidine rings is 1. The van der Waals surface area contributed by atoms with Gasteiger partial charge in [0.05, 0.1) is 0 Å². The molecular formula is C27H27N3. The van der Waals surface area contributed by atoms with Gasteiger partial charge in [0, 0.05) is 34.3 Å². The monoisotopic (exact) mass is 393 g/mol. The molecule has 1 spiro atoms. The van der Waals surface area contributed by atoms with E-state index >= 15 is 0 Å². The van der Waals surface area contributed by atoms with Crippen LogP contribution in [0.25, 0.3) is 33.3 Å². The van der Waals surface area contributed by atoms with Crippen molar-refractivity contribution in [2.45, 2.75) is 37.5 Å². The Bertz CT molecular complexity index is 1220. The molecule has 6 rings (SSSR count). The van der Waals surface area contributed by atoms with E-state index in [0.717, 1.165) is 38.0 Å². The first-order valence-corrected chi connectivity index (χ1v) is 11.1. The fraction of sp³-hybridized carbons (Fsp3) is 0.296. The van der Waals surface area contributed by atoms with Gasteiger partial charge in [-0.25, -0.2) is 4.98 Å². The summed E-state index contributed by atoms with van der Waals surface area (Å²) >= 11 is 0. The van der Waals surface area contributed by atoms with Crippen molar-refractivity contribution in [2.24, 2.45) is 0 Å². The molecule has 30 heavy (non-hydrogen) atoms. The number of hydrogen-bond donors (Lipinski definition) is 2. The highest BCUT2D eigenvalue weighted by molar-refractivity contribution is 5.96. The van der Waals surface area contributed by atoms with Crippen molar-refractivity contribution in [3.05, 3.63) is 78.2 Å². The Morgan fingerprint density at radius 1 is 1.00 bits per heavy atom. The molecule has 0 atom stereocenters. The molecule has 1 fully saturated rings. The predicted molar refractivity (Wildman–Crippen MR) is 125 cm³/mol. The molecule has 0 bridgehead atoms. The van der Waals surface area contributed by atoms with Crippen molar-refractivity contribution in [1.82, 2.24) is 15.3 Å². The van der Waals surface area contributed by atoms with Gasteiger partial charge in [-0.1, -0.05) is 36.9 Å². The van der Waals surface area contributed by atoms with Crippen LogP contribution in [0.2, 0.25) is 0 Å². The fourth-order valence-corrected chi connectivity index (χ4v) is 5.64. The molecule has 1 aliphatic heterocycles. The van der Waals surface area contributed by atoms with Crippen molar-refractivity contribution >= 4 is 22.2 Å². The third-order valence-corrected chi connectivity index (χ3v) is 7.25. The van der Waals surface area contributed by atoms with Crippen molar-refractivity contribution in [3.63, 3.8) is 0 Å². The van der Waals surface area contributed by atoms with Gasteiger partial charge in [0.25, 0.3) is 0 Å². The summed E-state index contributed by atoms with van der Waals surface area (Å²) in [6.07, 6.45) is 16.6. The summed E-state index contributed by atoms with van der Waals surface area (Å²) in [5.74, 6) is 0. The number of aromatic amines is 1. The summed E-state index contributed by atoms with van der Waals surface area (Å²) in [5, 5.41) is 4.73. The summed E-state index contributed by atoms with van der Waals surface area (Å²) in [6, 6.07) is 9.29. The molecule has 1 aromatic carbocycles. The van der Waals surface area contributed by atoms with Crippen LogP contribution in [0, 0.1) is 0 Å². The zero-order chi connectivity index (χ0) is 20.1. The third kappa shape index (κ3) is 2.73. The van der Waals surface area contributed by atoms with E-state index in [2.05, 4.69) is 65.6 Å². The molecule has 2 aliphatic carbocycles. The standard InChI is InChI=1S/C27H27N3/c1-18-15-27(9-11-28-12-10-27)25-14-20(7-8-22(18)25)24-17-30-26-23(24)13-21(16-29-26)19-5-3-2-4-6-19/h3,5-8,13-14,16-17,28H,1-2,4,9-12,15H2,(H,29,30). The number of allylic oxidation sites excluding steroid dienone is 5. The Kier molecular flexibility index (Phi) is 4.07. The molecule has 3 aliphatic rings. The highest BCUT2D eigenvalue weighted by atomic mass is 14.9. The van der Waals surface area contributed by atoms with Crippen molar-refractivity contribution in [1.29, 1.82) is 0 Å². The molecule has 3 heteroatoms. The second kappa shape index (κ2) is 6.82. The van der Waals surface area contributed by atoms with E-state index < -0.39 is 0 Å². The maximum atomic E-state index is 4.72. The topological polar surface area (TPSA) is 40.7 Å². The van der Waals surface area contributed by atoms with Gasteiger partial charge in [-0.15, -0.1) is 0 Å². The molecule has 0 saturated carbocycles. The summed E-state index contributed by atoms with van der Waals surface area (Å²) in [6.45, 7) is 6.60. The van der Waals surface area contributed by atoms with Crippen LogP contribution < -0.4 is 5.32 Å². The summed E-state index contributed by atoms with van der Waals surface area (Å²) in [7, 11) is 0. The zero-order valence-corrected chi connectivity index (χ0v) is 17.3. The van der Waals surface area contributed by atoms with Crippen molar-refractivity contribution in [2.75, 3.05) is 13.1 Å². The van der Waals surface area contributed by atoms with Crippen LogP contribution in [0.1, 0.15) is 48.8 Å². The van der Waals surface area contributed by atoms with Crippen LogP contribution in [0.4, 0.5) is 0 Å². The maximum absolute atomic E-state index is 4.72. The lowest BCUT2D eigenvalue weighted by Crippen LogP contribution is -2.38. The number of rotatable bonds is 2. The van der Waals surface area contributed by atoms with Gasteiger partial charge in [0.1, 0.15) is 5.65 Å². The van der Waals surface area contributed by atoms with Gasteiger partial charge >= 0.3 is 0 Å². The lowest BCUT2D eigenvalue weighted by molar-refractivity contribution is 0.323. The fourth-order valence-electron chi connectivity index (χ4n) is 5.64. The first kappa shape index (κ1) is 17.9. The van der Waals surface area contributed by atoms with E-state index in [0.29, 0.717) is 0 Å². The number of hydrogen-bond acceptors (Lipinski definition) is 2. The van der Waals surface area contributed by atoms with Crippen LogP contribution in [-0.4, -0.2) is 23.1 Å². The summed E-state index contributed by atoms with van der Waals surface area (Å²) < 4.78 is 0. The molecule has 2 N–H and O–H groups in total. The minimum absolute atomic E-state index is 0.265. The van der Waals surface area contributed by atoms with Crippen LogP contribution in [0.5, 0.6) is 0 Å². The van der Waals surface area contributed by atoms with Gasteiger partial charge in [0.2, 0.25) is 0 Å². The second-order valence-corrected chi connectivity index (χ2v) is 9.03. The predicted octanol–water partition coefficient (Wildman–Crippen LogP) is 6.00. The van der Waals surface area contributed by atoms with Gasteiger partial charge in [-0.05, 0) is 85.2 Å². The number of nitrogens with zero attached hydrogens (tertiary/aromatic N) is 1. The molecule has 150 valence electrons. The van der Waals surface area contributed by atoms with Crippen LogP contribution >= 0.6 is 0 Å². The molecule has 0 radical (unpaired) electrons. The lowest BCUT2D eigenvalue weighted by atomic mass is 9.73. The summed E-state index contributed by atoms with van der Waals surface area (Å²) in [4.78, 5) is 8.11. The van der Waals surface area contributed by atoms with Crippen LogP contribution in [0.3, 0.4) is 0 Å². The Labute approximate surface area is 177 Å². The number of benzene rings is 1. The largest absolute Gasteiger partial charge is 0.346 e. The number of pyridine rings is 1. The van der Waals surface area contributed by atoms with Gasteiger partial charge in [0.15, 0.2) is 0 Å². The number of nitrogens with one attached hydrogen (secondary N) is 2. The Hall–Kier alpha value is -2.91. The maximum Gasteiger partial charge on any atom is 0.137 e. The number of H-pyrrole nitrogens is 1. The Morgan fingerprint density at radius 2 is 1.90 bits per heavy atom. The smallest absolute Gasteiger partial charge is 0.137 e.